The zero-order valence-corrected chi connectivity index (χ0v) is 21.5. The summed E-state index contributed by atoms with van der Waals surface area (Å²) in [5, 5.41) is 20.3. The van der Waals surface area contributed by atoms with Gasteiger partial charge in [-0.1, -0.05) is 17.7 Å². The number of ether oxygens (including phenoxy) is 1. The predicted molar refractivity (Wildman–Crippen MR) is 139 cm³/mol. The lowest BCUT2D eigenvalue weighted by Crippen LogP contribution is -2.50. The lowest BCUT2D eigenvalue weighted by Gasteiger charge is -2.37. The van der Waals surface area contributed by atoms with Crippen LogP contribution < -0.4 is 10.2 Å². The van der Waals surface area contributed by atoms with Crippen LogP contribution in [0.4, 0.5) is 24.5 Å². The summed E-state index contributed by atoms with van der Waals surface area (Å²) in [6.45, 7) is 7.38. The molecule has 3 rings (SSSR count). The van der Waals surface area contributed by atoms with Crippen molar-refractivity contribution in [1.29, 1.82) is 0 Å². The Hall–Kier alpha value is -3.51. The van der Waals surface area contributed by atoms with Gasteiger partial charge in [0.2, 0.25) is 0 Å². The van der Waals surface area contributed by atoms with Gasteiger partial charge in [-0.3, -0.25) is 4.99 Å². The largest absolute Gasteiger partial charge is 0.490 e. The molecular weight excluding hydrogens is 529 g/mol. The van der Waals surface area contributed by atoms with Gasteiger partial charge in [-0.15, -0.1) is 0 Å². The number of alkyl halides is 3. The minimum atomic E-state index is -5.08. The molecule has 2 aromatic carbocycles. The van der Waals surface area contributed by atoms with Crippen LogP contribution in [0.1, 0.15) is 23.7 Å². The van der Waals surface area contributed by atoms with Crippen LogP contribution >= 0.6 is 11.6 Å². The maximum Gasteiger partial charge on any atom is 0.490 e. The Morgan fingerprint density at radius 2 is 1.71 bits per heavy atom. The van der Waals surface area contributed by atoms with Crippen molar-refractivity contribution in [3.8, 4) is 0 Å². The number of rotatable bonds is 8. The van der Waals surface area contributed by atoms with Gasteiger partial charge in [0.25, 0.3) is 0 Å². The number of piperazine rings is 1. The van der Waals surface area contributed by atoms with Crippen LogP contribution in [-0.4, -0.2) is 85.1 Å². The molecule has 38 heavy (non-hydrogen) atoms. The molecule has 13 heteroatoms. The Morgan fingerprint density at radius 1 is 1.08 bits per heavy atom. The van der Waals surface area contributed by atoms with Crippen LogP contribution in [0, 0.1) is 0 Å². The number of anilines is 2. The zero-order valence-electron chi connectivity index (χ0n) is 20.7. The summed E-state index contributed by atoms with van der Waals surface area (Å²) in [7, 11) is 0. The van der Waals surface area contributed by atoms with Crippen LogP contribution in [-0.2, 0) is 9.53 Å². The zero-order chi connectivity index (χ0) is 28.1. The van der Waals surface area contributed by atoms with E-state index in [0.29, 0.717) is 19.8 Å². The van der Waals surface area contributed by atoms with Gasteiger partial charge in [-0.2, -0.15) is 13.2 Å². The van der Waals surface area contributed by atoms with Crippen LogP contribution in [0.3, 0.4) is 0 Å². The molecule has 0 radical (unpaired) electrons. The molecule has 3 N–H and O–H groups in total. The molecule has 2 aromatic rings. The number of hydrogen-bond acceptors (Lipinski definition) is 5. The second kappa shape index (κ2) is 15.0. The molecule has 0 bridgehead atoms. The molecule has 9 nitrogen and oxygen atoms in total. The number of carboxylic acids is 2. The Labute approximate surface area is 223 Å². The molecule has 1 aliphatic heterocycles. The average molecular weight is 559 g/mol. The lowest BCUT2D eigenvalue weighted by atomic mass is 10.2. The van der Waals surface area contributed by atoms with Crippen LogP contribution in [0.15, 0.2) is 53.5 Å². The molecule has 1 aliphatic rings. The topological polar surface area (TPSA) is 115 Å². The van der Waals surface area contributed by atoms with Gasteiger partial charge < -0.3 is 30.1 Å². The summed E-state index contributed by atoms with van der Waals surface area (Å²) in [4.78, 5) is 29.3. The minimum absolute atomic E-state index is 0.260. The maximum atomic E-state index is 11.1. The Balaban J connectivity index is 0.000000638. The smallest absolute Gasteiger partial charge is 0.478 e. The van der Waals surface area contributed by atoms with E-state index in [1.165, 1.54) is 0 Å². The first-order valence-electron chi connectivity index (χ1n) is 11.8. The third-order valence-corrected chi connectivity index (χ3v) is 5.53. The minimum Gasteiger partial charge on any atom is -0.478 e. The van der Waals surface area contributed by atoms with Crippen LogP contribution in [0.2, 0.25) is 5.02 Å². The van der Waals surface area contributed by atoms with Crippen molar-refractivity contribution in [1.82, 2.24) is 4.90 Å². The highest BCUT2D eigenvalue weighted by molar-refractivity contribution is 6.30. The van der Waals surface area contributed by atoms with Crippen molar-refractivity contribution in [2.75, 3.05) is 56.2 Å². The van der Waals surface area contributed by atoms with Crippen molar-refractivity contribution in [2.24, 2.45) is 4.99 Å². The van der Waals surface area contributed by atoms with Crippen molar-refractivity contribution < 1.29 is 37.7 Å². The van der Waals surface area contributed by atoms with Crippen molar-refractivity contribution in [3.05, 3.63) is 59.1 Å². The molecule has 0 aliphatic carbocycles. The lowest BCUT2D eigenvalue weighted by molar-refractivity contribution is -0.192. The third kappa shape index (κ3) is 10.5. The first-order valence-corrected chi connectivity index (χ1v) is 12.2. The number of carboxylic acid groups (broad SMARTS) is 2. The number of nitrogens with one attached hydrogen (secondary N) is 1. The van der Waals surface area contributed by atoms with Gasteiger partial charge >= 0.3 is 18.1 Å². The van der Waals surface area contributed by atoms with E-state index < -0.39 is 18.1 Å². The first-order chi connectivity index (χ1) is 18.0. The van der Waals surface area contributed by atoms with Gasteiger partial charge in [0, 0.05) is 62.3 Å². The van der Waals surface area contributed by atoms with E-state index in [9.17, 15) is 18.0 Å². The fourth-order valence-corrected chi connectivity index (χ4v) is 3.57. The monoisotopic (exact) mass is 558 g/mol. The number of carbonyl (C=O) groups is 2. The summed E-state index contributed by atoms with van der Waals surface area (Å²) in [6, 6.07) is 14.6. The molecule has 0 unspecified atom stereocenters. The molecule has 208 valence electrons. The molecule has 0 amide bonds. The fourth-order valence-electron chi connectivity index (χ4n) is 3.39. The second-order valence-corrected chi connectivity index (χ2v) is 8.46. The number of guanidine groups is 1. The van der Waals surface area contributed by atoms with E-state index in [1.54, 1.807) is 24.3 Å². The predicted octanol–water partition coefficient (Wildman–Crippen LogP) is 4.69. The normalized spacial score (nSPS) is 14.0. The summed E-state index contributed by atoms with van der Waals surface area (Å²) < 4.78 is 37.1. The first kappa shape index (κ1) is 30.7. The van der Waals surface area contributed by atoms with Gasteiger partial charge in [0.15, 0.2) is 5.96 Å². The molecule has 1 fully saturated rings. The SMILES string of the molecule is CCOCCCN=C(Nc1ccc(C(=O)O)cc1)N1CCN(c2cccc(Cl)c2)CC1.O=C(O)C(F)(F)F. The number of halogens is 4. The molecule has 0 aromatic heterocycles. The molecule has 0 atom stereocenters. The summed E-state index contributed by atoms with van der Waals surface area (Å²) in [6.07, 6.45) is -4.24. The number of hydrogen-bond donors (Lipinski definition) is 3. The van der Waals surface area contributed by atoms with E-state index in [4.69, 9.17) is 36.3 Å². The number of aliphatic imine (C=N–C) groups is 1. The Morgan fingerprint density at radius 3 is 2.24 bits per heavy atom. The van der Waals surface area contributed by atoms with Gasteiger partial charge in [-0.25, -0.2) is 9.59 Å². The summed E-state index contributed by atoms with van der Waals surface area (Å²) in [5.41, 5.74) is 2.20. The Kier molecular flexibility index (Phi) is 12.2. The van der Waals surface area contributed by atoms with E-state index in [0.717, 1.165) is 55.0 Å². The quantitative estimate of drug-likeness (QED) is 0.243. The third-order valence-electron chi connectivity index (χ3n) is 5.30. The van der Waals surface area contributed by atoms with E-state index >= 15 is 0 Å². The van der Waals surface area contributed by atoms with Crippen LogP contribution in [0.5, 0.6) is 0 Å². The number of benzene rings is 2. The number of nitrogens with zero attached hydrogens (tertiary/aromatic N) is 3. The van der Waals surface area contributed by atoms with E-state index in [2.05, 4.69) is 21.2 Å². The van der Waals surface area contributed by atoms with Gasteiger partial charge in [0.05, 0.1) is 5.56 Å². The highest BCUT2D eigenvalue weighted by Crippen LogP contribution is 2.21. The highest BCUT2D eigenvalue weighted by Gasteiger charge is 2.38. The molecule has 1 heterocycles. The van der Waals surface area contributed by atoms with E-state index in [1.807, 2.05) is 25.1 Å². The van der Waals surface area contributed by atoms with Crippen LogP contribution in [0.25, 0.3) is 0 Å². The maximum absolute atomic E-state index is 11.1. The molecular formula is C25H30ClF3N4O5. The van der Waals surface area contributed by atoms with Gasteiger partial charge in [-0.05, 0) is 55.8 Å². The molecule has 1 saturated heterocycles. The second-order valence-electron chi connectivity index (χ2n) is 8.02. The van der Waals surface area contributed by atoms with Gasteiger partial charge in [0.1, 0.15) is 0 Å². The average Bonchev–Trinajstić information content (AvgIpc) is 2.88. The highest BCUT2D eigenvalue weighted by atomic mass is 35.5. The number of aliphatic carboxylic acids is 1. The molecule has 0 spiro atoms. The summed E-state index contributed by atoms with van der Waals surface area (Å²) >= 11 is 6.14. The van der Waals surface area contributed by atoms with Crippen molar-refractivity contribution in [2.45, 2.75) is 19.5 Å². The van der Waals surface area contributed by atoms with E-state index in [-0.39, 0.29) is 5.56 Å². The Bertz CT molecular complexity index is 1080. The standard InChI is InChI=1S/C23H29ClN4O3.C2HF3O2/c1-2-31-16-4-11-25-23(26-20-9-7-18(8-10-20)22(29)30)28-14-12-27(13-15-28)21-6-3-5-19(24)17-21;3-2(4,5)1(6)7/h3,5-10,17H,2,4,11-16H2,1H3,(H,25,26)(H,29,30);(H,6,7). The number of aromatic carboxylic acids is 1. The van der Waals surface area contributed by atoms with Crippen molar-refractivity contribution >= 4 is 40.9 Å². The van der Waals surface area contributed by atoms with Crippen molar-refractivity contribution in [3.63, 3.8) is 0 Å². The fraction of sp³-hybridized carbons (Fsp3) is 0.400. The molecule has 0 saturated carbocycles. The summed E-state index contributed by atoms with van der Waals surface area (Å²) in [5.74, 6) is -2.90.